The van der Waals surface area contributed by atoms with Crippen molar-refractivity contribution in [3.05, 3.63) is 60.1 Å². The molecule has 0 unspecified atom stereocenters. The van der Waals surface area contributed by atoms with Crippen molar-refractivity contribution in [1.82, 2.24) is 24.5 Å². The summed E-state index contributed by atoms with van der Waals surface area (Å²) in [6, 6.07) is 5.87. The van der Waals surface area contributed by atoms with Gasteiger partial charge < -0.3 is 19.9 Å². The number of hydrogen-bond acceptors (Lipinski definition) is 7. The van der Waals surface area contributed by atoms with E-state index in [0.717, 1.165) is 50.1 Å². The minimum absolute atomic E-state index is 0.714. The molecule has 176 valence electrons. The van der Waals surface area contributed by atoms with Crippen LogP contribution < -0.4 is 10.2 Å². The van der Waals surface area contributed by atoms with Gasteiger partial charge in [0.1, 0.15) is 11.6 Å². The number of carboxylic acids is 1. The highest BCUT2D eigenvalue weighted by molar-refractivity contribution is 5.73. The van der Waals surface area contributed by atoms with Gasteiger partial charge in [-0.1, -0.05) is 13.0 Å². The Kier molecular flexibility index (Phi) is 7.80. The van der Waals surface area contributed by atoms with Crippen LogP contribution in [0.5, 0.6) is 0 Å². The Labute approximate surface area is 188 Å². The molecule has 0 bridgehead atoms. The molecule has 33 heavy (non-hydrogen) atoms. The van der Waals surface area contributed by atoms with Crippen LogP contribution in [0.25, 0.3) is 0 Å². The van der Waals surface area contributed by atoms with Crippen LogP contribution in [0.15, 0.2) is 43.0 Å². The molecule has 0 saturated carbocycles. The highest BCUT2D eigenvalue weighted by Crippen LogP contribution is 2.16. The van der Waals surface area contributed by atoms with Gasteiger partial charge in [-0.05, 0) is 24.1 Å². The summed E-state index contributed by atoms with van der Waals surface area (Å²) < 4.78 is 34.0. The molecule has 9 nitrogen and oxygen atoms in total. The highest BCUT2D eigenvalue weighted by Gasteiger charge is 2.38. The predicted molar refractivity (Wildman–Crippen MR) is 115 cm³/mol. The fourth-order valence-electron chi connectivity index (χ4n) is 3.18. The van der Waals surface area contributed by atoms with Crippen LogP contribution in [0.4, 0.5) is 24.9 Å². The molecule has 3 aromatic heterocycles. The lowest BCUT2D eigenvalue weighted by molar-refractivity contribution is -0.192. The molecule has 2 N–H and O–H groups in total. The van der Waals surface area contributed by atoms with Crippen LogP contribution in [0.3, 0.4) is 0 Å². The second kappa shape index (κ2) is 10.7. The van der Waals surface area contributed by atoms with Crippen molar-refractivity contribution in [2.75, 3.05) is 23.3 Å². The standard InChI is InChI=1S/C19H23N7.C2HF3O2/c1-2-15-11-23-19(24-12-15)25-8-6-18-22-14-16(26(18)10-9-25)13-21-17-5-3-4-7-20-17;3-2(4,5)1(6)7/h3-5,7,11-12,14H,2,6,8-10,13H2,1H3,(H,20,21);(H,6,7). The zero-order valence-electron chi connectivity index (χ0n) is 18.0. The SMILES string of the molecule is CCc1cnc(N2CCc3ncc(CNc4ccccn4)n3CC2)nc1.O=C(O)C(F)(F)F. The minimum Gasteiger partial charge on any atom is -0.475 e. The summed E-state index contributed by atoms with van der Waals surface area (Å²) >= 11 is 0. The number of aromatic nitrogens is 5. The van der Waals surface area contributed by atoms with Gasteiger partial charge in [0.2, 0.25) is 5.95 Å². The summed E-state index contributed by atoms with van der Waals surface area (Å²) in [4.78, 5) is 29.1. The summed E-state index contributed by atoms with van der Waals surface area (Å²) in [5.74, 6) is 0.0480. The van der Waals surface area contributed by atoms with E-state index < -0.39 is 12.1 Å². The second-order valence-electron chi connectivity index (χ2n) is 7.17. The van der Waals surface area contributed by atoms with Gasteiger partial charge in [0, 0.05) is 44.6 Å². The topological polar surface area (TPSA) is 109 Å². The number of carboxylic acid groups (broad SMARTS) is 1. The van der Waals surface area contributed by atoms with E-state index in [2.05, 4.69) is 41.6 Å². The number of hydrogen-bond donors (Lipinski definition) is 2. The number of anilines is 2. The Hall–Kier alpha value is -3.70. The first kappa shape index (κ1) is 24.0. The lowest BCUT2D eigenvalue weighted by Gasteiger charge is -2.20. The third-order valence-electron chi connectivity index (χ3n) is 4.96. The van der Waals surface area contributed by atoms with Crippen LogP contribution in [0.1, 0.15) is 24.0 Å². The lowest BCUT2D eigenvalue weighted by Crippen LogP contribution is -2.28. The van der Waals surface area contributed by atoms with E-state index in [9.17, 15) is 13.2 Å². The van der Waals surface area contributed by atoms with Crippen molar-refractivity contribution < 1.29 is 23.1 Å². The normalized spacial score (nSPS) is 13.4. The molecule has 0 radical (unpaired) electrons. The molecule has 0 amide bonds. The third-order valence-corrected chi connectivity index (χ3v) is 4.96. The molecule has 3 aromatic rings. The van der Waals surface area contributed by atoms with Crippen LogP contribution in [-0.4, -0.2) is 54.8 Å². The lowest BCUT2D eigenvalue weighted by atomic mass is 10.3. The number of imidazole rings is 1. The maximum atomic E-state index is 10.6. The van der Waals surface area contributed by atoms with Crippen LogP contribution in [-0.2, 0) is 30.7 Å². The first-order chi connectivity index (χ1) is 15.8. The Morgan fingerprint density at radius 3 is 2.42 bits per heavy atom. The predicted octanol–water partition coefficient (Wildman–Crippen LogP) is 2.94. The number of aryl methyl sites for hydroxylation is 1. The van der Waals surface area contributed by atoms with Crippen LogP contribution in [0, 0.1) is 0 Å². The van der Waals surface area contributed by atoms with Gasteiger partial charge in [-0.15, -0.1) is 0 Å². The van der Waals surface area contributed by atoms with E-state index in [4.69, 9.17) is 9.90 Å². The number of rotatable bonds is 5. The molecule has 0 atom stereocenters. The third kappa shape index (κ3) is 6.64. The van der Waals surface area contributed by atoms with Gasteiger partial charge in [0.15, 0.2) is 0 Å². The summed E-state index contributed by atoms with van der Waals surface area (Å²) in [5, 5.41) is 10.5. The summed E-state index contributed by atoms with van der Waals surface area (Å²) in [7, 11) is 0. The minimum atomic E-state index is -5.08. The maximum Gasteiger partial charge on any atom is 0.490 e. The Bertz CT molecular complexity index is 1040. The van der Waals surface area contributed by atoms with E-state index in [1.54, 1.807) is 6.20 Å². The van der Waals surface area contributed by atoms with E-state index in [-0.39, 0.29) is 0 Å². The molecule has 0 saturated heterocycles. The number of alkyl halides is 3. The fraction of sp³-hybridized carbons (Fsp3) is 0.381. The van der Waals surface area contributed by atoms with E-state index >= 15 is 0 Å². The molecule has 0 fully saturated rings. The quantitative estimate of drug-likeness (QED) is 0.595. The van der Waals surface area contributed by atoms with Crippen molar-refractivity contribution in [2.24, 2.45) is 0 Å². The molecule has 0 aromatic carbocycles. The largest absolute Gasteiger partial charge is 0.490 e. The zero-order chi connectivity index (χ0) is 23.8. The molecule has 4 rings (SSSR count). The Morgan fingerprint density at radius 2 is 1.82 bits per heavy atom. The van der Waals surface area contributed by atoms with Crippen molar-refractivity contribution in [3.63, 3.8) is 0 Å². The number of pyridine rings is 1. The highest BCUT2D eigenvalue weighted by atomic mass is 19.4. The van der Waals surface area contributed by atoms with Crippen molar-refractivity contribution >= 4 is 17.7 Å². The number of carbonyl (C=O) groups is 1. The van der Waals surface area contributed by atoms with E-state index in [0.29, 0.717) is 6.54 Å². The van der Waals surface area contributed by atoms with Gasteiger partial charge >= 0.3 is 12.1 Å². The summed E-state index contributed by atoms with van der Waals surface area (Å²) in [6.45, 7) is 5.48. The molecule has 0 aliphatic carbocycles. The number of halogens is 3. The van der Waals surface area contributed by atoms with Gasteiger partial charge in [-0.2, -0.15) is 13.2 Å². The van der Waals surface area contributed by atoms with Crippen molar-refractivity contribution in [2.45, 2.75) is 39.0 Å². The zero-order valence-corrected chi connectivity index (χ0v) is 18.0. The smallest absolute Gasteiger partial charge is 0.475 e. The van der Waals surface area contributed by atoms with Crippen LogP contribution >= 0.6 is 0 Å². The number of fused-ring (bicyclic) bond motifs is 1. The average Bonchev–Trinajstić information content (AvgIpc) is 3.07. The first-order valence-electron chi connectivity index (χ1n) is 10.3. The van der Waals surface area contributed by atoms with Crippen LogP contribution in [0.2, 0.25) is 0 Å². The number of nitrogens with one attached hydrogen (secondary N) is 1. The average molecular weight is 463 g/mol. The Morgan fingerprint density at radius 1 is 1.09 bits per heavy atom. The number of aliphatic carboxylic acids is 1. The molecule has 12 heteroatoms. The second-order valence-corrected chi connectivity index (χ2v) is 7.17. The van der Waals surface area contributed by atoms with E-state index in [1.165, 1.54) is 11.3 Å². The monoisotopic (exact) mass is 463 g/mol. The molecular weight excluding hydrogens is 439 g/mol. The van der Waals surface area contributed by atoms with Gasteiger partial charge in [0.25, 0.3) is 0 Å². The van der Waals surface area contributed by atoms with Crippen molar-refractivity contribution in [1.29, 1.82) is 0 Å². The fourth-order valence-corrected chi connectivity index (χ4v) is 3.18. The maximum absolute atomic E-state index is 10.6. The van der Waals surface area contributed by atoms with Gasteiger partial charge in [0.05, 0.1) is 18.4 Å². The molecule has 1 aliphatic rings. The summed E-state index contributed by atoms with van der Waals surface area (Å²) in [5.41, 5.74) is 2.34. The number of nitrogens with zero attached hydrogens (tertiary/aromatic N) is 6. The molecule has 1 aliphatic heterocycles. The van der Waals surface area contributed by atoms with Gasteiger partial charge in [-0.3, -0.25) is 0 Å². The summed E-state index contributed by atoms with van der Waals surface area (Å²) in [6.07, 6.45) is 4.38. The van der Waals surface area contributed by atoms with E-state index in [1.807, 2.05) is 36.8 Å². The Balaban J connectivity index is 0.000000383. The molecule has 4 heterocycles. The molecular formula is C21H24F3N7O2. The van der Waals surface area contributed by atoms with Crippen molar-refractivity contribution in [3.8, 4) is 0 Å². The molecule has 0 spiro atoms. The first-order valence-corrected chi connectivity index (χ1v) is 10.3. The van der Waals surface area contributed by atoms with Gasteiger partial charge in [-0.25, -0.2) is 24.7 Å².